The van der Waals surface area contributed by atoms with Gasteiger partial charge in [-0.15, -0.1) is 0 Å². The highest BCUT2D eigenvalue weighted by atomic mass is 16.4. The van der Waals surface area contributed by atoms with Crippen LogP contribution in [0.2, 0.25) is 0 Å². The Hall–Kier alpha value is -2.70. The van der Waals surface area contributed by atoms with Crippen LogP contribution in [0.25, 0.3) is 10.9 Å². The van der Waals surface area contributed by atoms with Gasteiger partial charge in [0, 0.05) is 11.8 Å². The van der Waals surface area contributed by atoms with E-state index in [2.05, 4.69) is 15.5 Å². The fourth-order valence-electron chi connectivity index (χ4n) is 2.49. The standard InChI is InChI=1S/C13H11N3O4/c17-9-5-4-7(12(18)14-9)6-2-1-3-8-10(6)15-16-11(8)13(19)20/h1-3,7H,4-5H2,(H,15,16)(H,19,20)(H,14,17,18). The molecule has 102 valence electrons. The molecule has 0 bridgehead atoms. The molecule has 3 N–H and O–H groups in total. The van der Waals surface area contributed by atoms with Gasteiger partial charge in [0.25, 0.3) is 0 Å². The van der Waals surface area contributed by atoms with Crippen molar-refractivity contribution >= 4 is 28.7 Å². The first kappa shape index (κ1) is 12.3. The summed E-state index contributed by atoms with van der Waals surface area (Å²) in [6, 6.07) is 5.05. The van der Waals surface area contributed by atoms with E-state index in [1.165, 1.54) is 0 Å². The summed E-state index contributed by atoms with van der Waals surface area (Å²) in [6.07, 6.45) is 0.669. The number of nitrogens with zero attached hydrogens (tertiary/aromatic N) is 1. The Balaban J connectivity index is 2.10. The van der Waals surface area contributed by atoms with Gasteiger partial charge in [0.05, 0.1) is 11.4 Å². The topological polar surface area (TPSA) is 112 Å². The maximum Gasteiger partial charge on any atom is 0.354 e. The molecule has 1 aliphatic heterocycles. The number of fused-ring (bicyclic) bond motifs is 1. The maximum atomic E-state index is 11.9. The van der Waals surface area contributed by atoms with Gasteiger partial charge in [-0.25, -0.2) is 4.79 Å². The molecule has 1 fully saturated rings. The normalized spacial score (nSPS) is 19.1. The Morgan fingerprint density at radius 1 is 1.35 bits per heavy atom. The number of carboxylic acids is 1. The Kier molecular flexibility index (Phi) is 2.74. The largest absolute Gasteiger partial charge is 0.477 e. The van der Waals surface area contributed by atoms with Crippen LogP contribution in [0.3, 0.4) is 0 Å². The van der Waals surface area contributed by atoms with Crippen molar-refractivity contribution in [2.75, 3.05) is 0 Å². The molecule has 1 saturated heterocycles. The van der Waals surface area contributed by atoms with E-state index in [-0.39, 0.29) is 23.9 Å². The third-order valence-electron chi connectivity index (χ3n) is 3.44. The quantitative estimate of drug-likeness (QED) is 0.700. The lowest BCUT2D eigenvalue weighted by atomic mass is 9.89. The van der Waals surface area contributed by atoms with Crippen LogP contribution >= 0.6 is 0 Å². The molecule has 7 nitrogen and oxygen atoms in total. The lowest BCUT2D eigenvalue weighted by molar-refractivity contribution is -0.134. The predicted molar refractivity (Wildman–Crippen MR) is 68.2 cm³/mol. The number of rotatable bonds is 2. The van der Waals surface area contributed by atoms with Gasteiger partial charge in [0.1, 0.15) is 0 Å². The first-order chi connectivity index (χ1) is 9.58. The van der Waals surface area contributed by atoms with Crippen LogP contribution in [0.1, 0.15) is 34.8 Å². The molecular formula is C13H11N3O4. The van der Waals surface area contributed by atoms with E-state index in [0.29, 0.717) is 22.9 Å². The summed E-state index contributed by atoms with van der Waals surface area (Å²) >= 11 is 0. The summed E-state index contributed by atoms with van der Waals surface area (Å²) in [4.78, 5) is 34.2. The number of amides is 2. The average Bonchev–Trinajstić information content (AvgIpc) is 2.82. The molecule has 7 heteroatoms. The number of aromatic carboxylic acids is 1. The molecule has 3 rings (SSSR count). The molecule has 2 amide bonds. The molecule has 0 aliphatic carbocycles. The number of para-hydroxylation sites is 1. The number of benzene rings is 1. The number of nitrogens with one attached hydrogen (secondary N) is 2. The number of carbonyl (C=O) groups excluding carboxylic acids is 2. The second-order valence-corrected chi connectivity index (χ2v) is 4.65. The highest BCUT2D eigenvalue weighted by Crippen LogP contribution is 2.30. The zero-order valence-corrected chi connectivity index (χ0v) is 10.3. The summed E-state index contributed by atoms with van der Waals surface area (Å²) in [6.45, 7) is 0. The first-order valence-electron chi connectivity index (χ1n) is 6.12. The molecule has 1 aromatic carbocycles. The summed E-state index contributed by atoms with van der Waals surface area (Å²) in [5, 5.41) is 18.3. The van der Waals surface area contributed by atoms with Crippen LogP contribution in [0.5, 0.6) is 0 Å². The van der Waals surface area contributed by atoms with Crippen LogP contribution in [-0.4, -0.2) is 33.1 Å². The summed E-state index contributed by atoms with van der Waals surface area (Å²) < 4.78 is 0. The molecule has 0 saturated carbocycles. The number of aromatic nitrogens is 2. The second kappa shape index (κ2) is 4.44. The van der Waals surface area contributed by atoms with Gasteiger partial charge in [0.2, 0.25) is 11.8 Å². The minimum absolute atomic E-state index is 0.00542. The van der Waals surface area contributed by atoms with Gasteiger partial charge in [0.15, 0.2) is 5.69 Å². The minimum atomic E-state index is -1.10. The van der Waals surface area contributed by atoms with Crippen molar-refractivity contribution in [3.63, 3.8) is 0 Å². The lowest BCUT2D eigenvalue weighted by Gasteiger charge is -2.21. The number of imide groups is 1. The minimum Gasteiger partial charge on any atom is -0.477 e. The number of carboxylic acid groups (broad SMARTS) is 1. The van der Waals surface area contributed by atoms with E-state index in [9.17, 15) is 14.4 Å². The fourth-order valence-corrected chi connectivity index (χ4v) is 2.49. The summed E-state index contributed by atoms with van der Waals surface area (Å²) in [5.41, 5.74) is 1.09. The van der Waals surface area contributed by atoms with Crippen molar-refractivity contribution in [1.82, 2.24) is 15.5 Å². The van der Waals surface area contributed by atoms with E-state index in [0.717, 1.165) is 0 Å². The molecule has 1 aliphatic rings. The predicted octanol–water partition coefficient (Wildman–Crippen LogP) is 0.781. The van der Waals surface area contributed by atoms with E-state index < -0.39 is 11.9 Å². The Morgan fingerprint density at radius 3 is 2.85 bits per heavy atom. The highest BCUT2D eigenvalue weighted by molar-refractivity contribution is 6.05. The zero-order chi connectivity index (χ0) is 14.3. The van der Waals surface area contributed by atoms with Gasteiger partial charge >= 0.3 is 5.97 Å². The van der Waals surface area contributed by atoms with Gasteiger partial charge in [-0.05, 0) is 12.0 Å². The van der Waals surface area contributed by atoms with Crippen molar-refractivity contribution in [2.24, 2.45) is 0 Å². The summed E-state index contributed by atoms with van der Waals surface area (Å²) in [5.74, 6) is -2.24. The van der Waals surface area contributed by atoms with E-state index in [1.807, 2.05) is 0 Å². The number of hydrogen-bond donors (Lipinski definition) is 3. The van der Waals surface area contributed by atoms with Crippen LogP contribution in [-0.2, 0) is 9.59 Å². The lowest BCUT2D eigenvalue weighted by Crippen LogP contribution is -2.39. The Morgan fingerprint density at radius 2 is 2.15 bits per heavy atom. The number of H-pyrrole nitrogens is 1. The van der Waals surface area contributed by atoms with Crippen LogP contribution in [0, 0.1) is 0 Å². The molecule has 1 unspecified atom stereocenters. The third-order valence-corrected chi connectivity index (χ3v) is 3.44. The van der Waals surface area contributed by atoms with Crippen LogP contribution < -0.4 is 5.32 Å². The molecule has 1 atom stereocenters. The molecular weight excluding hydrogens is 262 g/mol. The SMILES string of the molecule is O=C1CCC(c2cccc3c(C(=O)O)[nH]nc23)C(=O)N1. The highest BCUT2D eigenvalue weighted by Gasteiger charge is 2.30. The number of piperidine rings is 1. The van der Waals surface area contributed by atoms with Crippen LogP contribution in [0.4, 0.5) is 0 Å². The van der Waals surface area contributed by atoms with Crippen LogP contribution in [0.15, 0.2) is 18.2 Å². The van der Waals surface area contributed by atoms with Crippen molar-refractivity contribution in [3.05, 3.63) is 29.5 Å². The molecule has 1 aromatic heterocycles. The number of hydrogen-bond acceptors (Lipinski definition) is 4. The van der Waals surface area contributed by atoms with Crippen molar-refractivity contribution < 1.29 is 19.5 Å². The van der Waals surface area contributed by atoms with E-state index >= 15 is 0 Å². The molecule has 0 radical (unpaired) electrons. The smallest absolute Gasteiger partial charge is 0.354 e. The van der Waals surface area contributed by atoms with Crippen molar-refractivity contribution in [3.8, 4) is 0 Å². The first-order valence-corrected chi connectivity index (χ1v) is 6.12. The third kappa shape index (κ3) is 1.83. The monoisotopic (exact) mass is 273 g/mol. The molecule has 2 heterocycles. The number of carbonyl (C=O) groups is 3. The van der Waals surface area contributed by atoms with Crippen molar-refractivity contribution in [1.29, 1.82) is 0 Å². The van der Waals surface area contributed by atoms with E-state index in [1.54, 1.807) is 18.2 Å². The van der Waals surface area contributed by atoms with Crippen molar-refractivity contribution in [2.45, 2.75) is 18.8 Å². The Bertz CT molecular complexity index is 734. The second-order valence-electron chi connectivity index (χ2n) is 4.65. The zero-order valence-electron chi connectivity index (χ0n) is 10.3. The van der Waals surface area contributed by atoms with Gasteiger partial charge in [-0.1, -0.05) is 18.2 Å². The fraction of sp³-hybridized carbons (Fsp3) is 0.231. The summed E-state index contributed by atoms with van der Waals surface area (Å²) in [7, 11) is 0. The van der Waals surface area contributed by atoms with E-state index in [4.69, 9.17) is 5.11 Å². The average molecular weight is 273 g/mol. The van der Waals surface area contributed by atoms with Gasteiger partial charge in [-0.2, -0.15) is 5.10 Å². The van der Waals surface area contributed by atoms with Gasteiger partial charge in [-0.3, -0.25) is 20.0 Å². The molecule has 20 heavy (non-hydrogen) atoms. The molecule has 0 spiro atoms. The number of aromatic amines is 1. The van der Waals surface area contributed by atoms with Gasteiger partial charge < -0.3 is 5.11 Å². The molecule has 2 aromatic rings. The Labute approximate surface area is 113 Å². The maximum absolute atomic E-state index is 11.9.